The van der Waals surface area contributed by atoms with Crippen molar-refractivity contribution in [2.24, 2.45) is 0 Å². The average molecular weight is 230 g/mol. The first-order chi connectivity index (χ1) is 7.13. The van der Waals surface area contributed by atoms with Gasteiger partial charge in [-0.25, -0.2) is 9.89 Å². The van der Waals surface area contributed by atoms with Gasteiger partial charge in [-0.1, -0.05) is 0 Å². The molecule has 1 rings (SSSR count). The molecule has 6 nitrogen and oxygen atoms in total. The molecule has 0 bridgehead atoms. The van der Waals surface area contributed by atoms with Crippen molar-refractivity contribution in [2.75, 3.05) is 17.3 Å². The van der Waals surface area contributed by atoms with Gasteiger partial charge in [0.1, 0.15) is 0 Å². The van der Waals surface area contributed by atoms with Crippen LogP contribution in [0.3, 0.4) is 0 Å². The van der Waals surface area contributed by atoms with E-state index in [1.165, 1.54) is 0 Å². The van der Waals surface area contributed by atoms with E-state index in [9.17, 15) is 9.59 Å². The molecule has 3 N–H and O–H groups in total. The van der Waals surface area contributed by atoms with Crippen LogP contribution in [0.5, 0.6) is 0 Å². The lowest BCUT2D eigenvalue weighted by Gasteiger charge is -2.11. The SMILES string of the molecule is CSCCC(C)Nc1n[nH]c(=O)[nH]c1=O. The molecule has 0 amide bonds. The molecule has 0 fully saturated rings. The Morgan fingerprint density at radius 1 is 1.53 bits per heavy atom. The van der Waals surface area contributed by atoms with Crippen LogP contribution in [0.2, 0.25) is 0 Å². The number of nitrogens with zero attached hydrogens (tertiary/aromatic N) is 1. The lowest BCUT2D eigenvalue weighted by molar-refractivity contribution is 0.752. The molecule has 0 aliphatic carbocycles. The quantitative estimate of drug-likeness (QED) is 0.663. The van der Waals surface area contributed by atoms with Crippen LogP contribution < -0.4 is 16.6 Å². The van der Waals surface area contributed by atoms with Crippen molar-refractivity contribution < 1.29 is 0 Å². The van der Waals surface area contributed by atoms with Gasteiger partial charge in [0.2, 0.25) is 5.82 Å². The summed E-state index contributed by atoms with van der Waals surface area (Å²) in [6.07, 6.45) is 2.96. The number of H-pyrrole nitrogens is 2. The van der Waals surface area contributed by atoms with Gasteiger partial charge in [-0.15, -0.1) is 5.10 Å². The van der Waals surface area contributed by atoms with Crippen LogP contribution in [-0.4, -0.2) is 33.2 Å². The number of rotatable bonds is 5. The molecule has 0 aliphatic rings. The molecule has 1 atom stereocenters. The Morgan fingerprint density at radius 2 is 2.27 bits per heavy atom. The highest BCUT2D eigenvalue weighted by atomic mass is 32.2. The minimum absolute atomic E-state index is 0.150. The number of hydrogen-bond acceptors (Lipinski definition) is 5. The molecular weight excluding hydrogens is 216 g/mol. The first-order valence-electron chi connectivity index (χ1n) is 4.58. The van der Waals surface area contributed by atoms with Crippen LogP contribution in [0, 0.1) is 0 Å². The lowest BCUT2D eigenvalue weighted by Crippen LogP contribution is -2.29. The molecule has 1 aromatic heterocycles. The van der Waals surface area contributed by atoms with E-state index in [1.807, 2.05) is 13.2 Å². The van der Waals surface area contributed by atoms with Crippen molar-refractivity contribution in [3.8, 4) is 0 Å². The van der Waals surface area contributed by atoms with Crippen molar-refractivity contribution in [1.82, 2.24) is 15.2 Å². The molecule has 1 unspecified atom stereocenters. The summed E-state index contributed by atoms with van der Waals surface area (Å²) in [7, 11) is 0. The van der Waals surface area contributed by atoms with Gasteiger partial charge in [-0.05, 0) is 25.4 Å². The van der Waals surface area contributed by atoms with E-state index in [1.54, 1.807) is 11.8 Å². The molecule has 1 heterocycles. The fourth-order valence-electron chi connectivity index (χ4n) is 1.05. The highest BCUT2D eigenvalue weighted by Crippen LogP contribution is 2.03. The predicted molar refractivity (Wildman–Crippen MR) is 61.6 cm³/mol. The van der Waals surface area contributed by atoms with Crippen molar-refractivity contribution >= 4 is 17.6 Å². The zero-order valence-corrected chi connectivity index (χ0v) is 9.48. The Balaban J connectivity index is 2.64. The third-order valence-electron chi connectivity index (χ3n) is 1.85. The van der Waals surface area contributed by atoms with Crippen molar-refractivity contribution in [2.45, 2.75) is 19.4 Å². The second-order valence-electron chi connectivity index (χ2n) is 3.18. The summed E-state index contributed by atoms with van der Waals surface area (Å²) >= 11 is 1.74. The first-order valence-corrected chi connectivity index (χ1v) is 5.97. The number of nitrogens with one attached hydrogen (secondary N) is 3. The Hall–Kier alpha value is -1.24. The molecule has 0 aromatic carbocycles. The Bertz CT molecular complexity index is 414. The summed E-state index contributed by atoms with van der Waals surface area (Å²) in [6, 6.07) is 0.150. The summed E-state index contributed by atoms with van der Waals surface area (Å²) in [6.45, 7) is 1.96. The van der Waals surface area contributed by atoms with Crippen LogP contribution in [0.4, 0.5) is 5.82 Å². The fourth-order valence-corrected chi connectivity index (χ4v) is 1.63. The number of thioether (sulfide) groups is 1. The number of aromatic nitrogens is 3. The van der Waals surface area contributed by atoms with Gasteiger partial charge < -0.3 is 5.32 Å². The maximum atomic E-state index is 11.2. The summed E-state index contributed by atoms with van der Waals surface area (Å²) < 4.78 is 0. The number of aromatic amines is 2. The molecular formula is C8H14N4O2S. The molecule has 15 heavy (non-hydrogen) atoms. The van der Waals surface area contributed by atoms with Crippen LogP contribution in [0.1, 0.15) is 13.3 Å². The molecule has 1 aromatic rings. The van der Waals surface area contributed by atoms with Gasteiger partial charge in [0.15, 0.2) is 0 Å². The maximum absolute atomic E-state index is 11.2. The smallest absolute Gasteiger partial charge is 0.342 e. The number of anilines is 1. The summed E-state index contributed by atoms with van der Waals surface area (Å²) in [5.41, 5.74) is -1.09. The third kappa shape index (κ3) is 3.78. The third-order valence-corrected chi connectivity index (χ3v) is 2.49. The minimum atomic E-state index is -0.595. The monoisotopic (exact) mass is 230 g/mol. The van der Waals surface area contributed by atoms with Crippen molar-refractivity contribution in [3.05, 3.63) is 20.8 Å². The maximum Gasteiger partial charge on any atom is 0.342 e. The van der Waals surface area contributed by atoms with E-state index in [0.29, 0.717) is 0 Å². The predicted octanol–water partition coefficient (Wildman–Crippen LogP) is 0.0117. The molecule has 0 aliphatic heterocycles. The fraction of sp³-hybridized carbons (Fsp3) is 0.625. The van der Waals surface area contributed by atoms with E-state index in [4.69, 9.17) is 0 Å². The van der Waals surface area contributed by atoms with Crippen LogP contribution >= 0.6 is 11.8 Å². The van der Waals surface area contributed by atoms with E-state index >= 15 is 0 Å². The van der Waals surface area contributed by atoms with Gasteiger partial charge in [0.05, 0.1) is 0 Å². The molecule has 0 saturated heterocycles. The normalized spacial score (nSPS) is 12.4. The van der Waals surface area contributed by atoms with Crippen molar-refractivity contribution in [1.29, 1.82) is 0 Å². The highest BCUT2D eigenvalue weighted by Gasteiger charge is 2.06. The molecule has 0 saturated carbocycles. The molecule has 7 heteroatoms. The van der Waals surface area contributed by atoms with Gasteiger partial charge in [-0.2, -0.15) is 11.8 Å². The largest absolute Gasteiger partial charge is 0.362 e. The van der Waals surface area contributed by atoms with E-state index in [-0.39, 0.29) is 11.9 Å². The second kappa shape index (κ2) is 5.59. The zero-order chi connectivity index (χ0) is 11.3. The van der Waals surface area contributed by atoms with Crippen molar-refractivity contribution in [3.63, 3.8) is 0 Å². The van der Waals surface area contributed by atoms with Crippen LogP contribution in [0.25, 0.3) is 0 Å². The first kappa shape index (κ1) is 11.8. The van der Waals surface area contributed by atoms with E-state index in [0.717, 1.165) is 12.2 Å². The molecule has 0 spiro atoms. The average Bonchev–Trinajstić information content (AvgIpc) is 2.19. The second-order valence-corrected chi connectivity index (χ2v) is 4.17. The van der Waals surface area contributed by atoms with Gasteiger partial charge in [0, 0.05) is 6.04 Å². The lowest BCUT2D eigenvalue weighted by atomic mass is 10.2. The van der Waals surface area contributed by atoms with E-state index < -0.39 is 11.2 Å². The summed E-state index contributed by atoms with van der Waals surface area (Å²) in [5, 5.41) is 8.73. The topological polar surface area (TPSA) is 90.6 Å². The minimum Gasteiger partial charge on any atom is -0.362 e. The van der Waals surface area contributed by atoms with Gasteiger partial charge >= 0.3 is 5.69 Å². The number of hydrogen-bond donors (Lipinski definition) is 3. The Kier molecular flexibility index (Phi) is 4.41. The van der Waals surface area contributed by atoms with E-state index in [2.05, 4.69) is 20.5 Å². The zero-order valence-electron chi connectivity index (χ0n) is 8.66. The Labute approximate surface area is 90.9 Å². The van der Waals surface area contributed by atoms with Crippen LogP contribution in [0.15, 0.2) is 9.59 Å². The summed E-state index contributed by atoms with van der Waals surface area (Å²) in [4.78, 5) is 24.0. The highest BCUT2D eigenvalue weighted by molar-refractivity contribution is 7.98. The molecule has 84 valence electrons. The Morgan fingerprint density at radius 3 is 2.87 bits per heavy atom. The molecule has 0 radical (unpaired) electrons. The van der Waals surface area contributed by atoms with Gasteiger partial charge in [-0.3, -0.25) is 9.78 Å². The van der Waals surface area contributed by atoms with Crippen LogP contribution in [-0.2, 0) is 0 Å². The van der Waals surface area contributed by atoms with Gasteiger partial charge in [0.25, 0.3) is 5.56 Å². The standard InChI is InChI=1S/C8H14N4O2S/c1-5(3-4-15-2)9-6-7(13)10-8(14)12-11-6/h5H,3-4H2,1-2H3,(H,9,11)(H2,10,12,13,14). The summed E-state index contributed by atoms with van der Waals surface area (Å²) in [5.74, 6) is 1.17.